The van der Waals surface area contributed by atoms with Gasteiger partial charge in [0.1, 0.15) is 16.4 Å². The van der Waals surface area contributed by atoms with Crippen molar-refractivity contribution in [3.05, 3.63) is 64.7 Å². The van der Waals surface area contributed by atoms with Crippen LogP contribution in [0.2, 0.25) is 5.02 Å². The van der Waals surface area contributed by atoms with Crippen LogP contribution in [-0.2, 0) is 14.6 Å². The zero-order chi connectivity index (χ0) is 18.9. The first-order valence-corrected chi connectivity index (χ1v) is 10.2. The van der Waals surface area contributed by atoms with Crippen molar-refractivity contribution in [2.75, 3.05) is 6.61 Å². The number of rotatable bonds is 4. The van der Waals surface area contributed by atoms with Gasteiger partial charge >= 0.3 is 0 Å². The Morgan fingerprint density at radius 1 is 1.08 bits per heavy atom. The smallest absolute Gasteiger partial charge is 0.188 e. The van der Waals surface area contributed by atoms with Crippen molar-refractivity contribution in [2.24, 2.45) is 5.92 Å². The van der Waals surface area contributed by atoms with Crippen LogP contribution < -0.4 is 0 Å². The van der Waals surface area contributed by atoms with Crippen LogP contribution in [-0.4, -0.2) is 20.1 Å². The molecule has 0 saturated heterocycles. The van der Waals surface area contributed by atoms with E-state index in [4.69, 9.17) is 11.6 Å². The van der Waals surface area contributed by atoms with E-state index in [0.717, 1.165) is 18.2 Å². The van der Waals surface area contributed by atoms with Gasteiger partial charge in [0.2, 0.25) is 0 Å². The van der Waals surface area contributed by atoms with Gasteiger partial charge in [-0.25, -0.2) is 17.2 Å². The Balaban J connectivity index is 2.18. The van der Waals surface area contributed by atoms with Crippen LogP contribution in [0.5, 0.6) is 0 Å². The summed E-state index contributed by atoms with van der Waals surface area (Å²) in [6, 6.07) is 8.60. The molecule has 0 heterocycles. The molecule has 1 saturated carbocycles. The van der Waals surface area contributed by atoms with E-state index in [1.54, 1.807) is 0 Å². The lowest BCUT2D eigenvalue weighted by atomic mass is 9.78. The van der Waals surface area contributed by atoms with Gasteiger partial charge in [-0.05, 0) is 74.1 Å². The lowest BCUT2D eigenvalue weighted by molar-refractivity contribution is 0.172. The minimum Gasteiger partial charge on any atom is -0.396 e. The molecule has 140 valence electrons. The molecule has 1 aliphatic rings. The first kappa shape index (κ1) is 19.3. The third-order valence-corrected chi connectivity index (χ3v) is 8.03. The number of aliphatic hydroxyl groups excluding tert-OH is 1. The largest absolute Gasteiger partial charge is 0.396 e. The number of halogens is 3. The Hall–Kier alpha value is -1.50. The van der Waals surface area contributed by atoms with E-state index < -0.39 is 26.2 Å². The number of hydrogen-bond donors (Lipinski definition) is 1. The SMILES string of the molecule is O=S(=O)(c1ccc(Cl)cc1)C1(c2cc(F)ccc2F)CCC(CO)CC1. The monoisotopic (exact) mass is 400 g/mol. The zero-order valence-electron chi connectivity index (χ0n) is 14.0. The molecule has 26 heavy (non-hydrogen) atoms. The summed E-state index contributed by atoms with van der Waals surface area (Å²) in [6.45, 7) is -0.0529. The van der Waals surface area contributed by atoms with Crippen LogP contribution in [0.1, 0.15) is 31.2 Å². The van der Waals surface area contributed by atoms with E-state index in [-0.39, 0.29) is 35.8 Å². The molecular formula is C19H19ClF2O3S. The lowest BCUT2D eigenvalue weighted by Gasteiger charge is -2.39. The molecule has 0 unspecified atom stereocenters. The van der Waals surface area contributed by atoms with Crippen molar-refractivity contribution < 1.29 is 22.3 Å². The fraction of sp³-hybridized carbons (Fsp3) is 0.368. The maximum Gasteiger partial charge on any atom is 0.188 e. The molecule has 3 rings (SSSR count). The summed E-state index contributed by atoms with van der Waals surface area (Å²) < 4.78 is 53.8. The van der Waals surface area contributed by atoms with E-state index in [0.29, 0.717) is 17.9 Å². The zero-order valence-corrected chi connectivity index (χ0v) is 15.5. The Labute approximate surface area is 156 Å². The van der Waals surface area contributed by atoms with Gasteiger partial charge in [0.25, 0.3) is 0 Å². The first-order valence-electron chi connectivity index (χ1n) is 8.37. The third-order valence-electron chi connectivity index (χ3n) is 5.23. The molecule has 1 fully saturated rings. The summed E-state index contributed by atoms with van der Waals surface area (Å²) in [5.74, 6) is -1.47. The highest BCUT2D eigenvalue weighted by molar-refractivity contribution is 7.92. The third kappa shape index (κ3) is 3.26. The van der Waals surface area contributed by atoms with E-state index in [2.05, 4.69) is 0 Å². The standard InChI is InChI=1S/C19H19ClF2O3S/c20-14-1-4-16(5-2-14)26(24,25)19(9-7-13(12-23)8-10-19)17-11-15(21)3-6-18(17)22/h1-6,11,13,23H,7-10,12H2. The van der Waals surface area contributed by atoms with Crippen molar-refractivity contribution in [1.29, 1.82) is 0 Å². The molecule has 2 aromatic carbocycles. The van der Waals surface area contributed by atoms with Crippen LogP contribution in [0, 0.1) is 17.6 Å². The minimum absolute atomic E-state index is 0.0213. The molecule has 2 aromatic rings. The fourth-order valence-corrected chi connectivity index (χ4v) is 5.99. The Kier molecular flexibility index (Phi) is 5.37. The van der Waals surface area contributed by atoms with E-state index in [1.807, 2.05) is 0 Å². The van der Waals surface area contributed by atoms with Crippen molar-refractivity contribution in [2.45, 2.75) is 35.3 Å². The average Bonchev–Trinajstić information content (AvgIpc) is 2.64. The van der Waals surface area contributed by atoms with Gasteiger partial charge in [-0.15, -0.1) is 0 Å². The molecule has 0 aromatic heterocycles. The second-order valence-electron chi connectivity index (χ2n) is 6.70. The predicted octanol–water partition coefficient (Wildman–Crippen LogP) is 4.47. The molecule has 0 aliphatic heterocycles. The first-order chi connectivity index (χ1) is 12.3. The summed E-state index contributed by atoms with van der Waals surface area (Å²) in [5, 5.41) is 9.77. The van der Waals surface area contributed by atoms with E-state index >= 15 is 0 Å². The van der Waals surface area contributed by atoms with Crippen LogP contribution in [0.25, 0.3) is 0 Å². The molecule has 0 atom stereocenters. The van der Waals surface area contributed by atoms with Gasteiger partial charge < -0.3 is 5.11 Å². The summed E-state index contributed by atoms with van der Waals surface area (Å²) in [6.07, 6.45) is 1.06. The van der Waals surface area contributed by atoms with Crippen LogP contribution in [0.3, 0.4) is 0 Å². The molecular weight excluding hydrogens is 382 g/mol. The van der Waals surface area contributed by atoms with Crippen LogP contribution in [0.15, 0.2) is 47.4 Å². The van der Waals surface area contributed by atoms with Crippen LogP contribution in [0.4, 0.5) is 8.78 Å². The molecule has 0 spiro atoms. The van der Waals surface area contributed by atoms with E-state index in [9.17, 15) is 22.3 Å². The van der Waals surface area contributed by atoms with E-state index in [1.165, 1.54) is 24.3 Å². The molecule has 3 nitrogen and oxygen atoms in total. The summed E-state index contributed by atoms with van der Waals surface area (Å²) in [4.78, 5) is 0.0213. The van der Waals surface area contributed by atoms with Gasteiger partial charge in [0, 0.05) is 17.2 Å². The Bertz CT molecular complexity index is 890. The van der Waals surface area contributed by atoms with Crippen LogP contribution >= 0.6 is 11.6 Å². The lowest BCUT2D eigenvalue weighted by Crippen LogP contribution is -2.41. The molecule has 0 bridgehead atoms. The quantitative estimate of drug-likeness (QED) is 0.823. The molecule has 0 radical (unpaired) electrons. The van der Waals surface area contributed by atoms with Gasteiger partial charge in [-0.3, -0.25) is 0 Å². The van der Waals surface area contributed by atoms with Crippen molar-refractivity contribution in [3.8, 4) is 0 Å². The summed E-state index contributed by atoms with van der Waals surface area (Å²) in [7, 11) is -4.01. The van der Waals surface area contributed by atoms with Crippen molar-refractivity contribution >= 4 is 21.4 Å². The van der Waals surface area contributed by atoms with Crippen molar-refractivity contribution in [1.82, 2.24) is 0 Å². The van der Waals surface area contributed by atoms with Gasteiger partial charge in [0.15, 0.2) is 9.84 Å². The van der Waals surface area contributed by atoms with Gasteiger partial charge in [0.05, 0.1) is 4.90 Å². The highest BCUT2D eigenvalue weighted by atomic mass is 35.5. The Morgan fingerprint density at radius 3 is 2.27 bits per heavy atom. The fourth-order valence-electron chi connectivity index (χ4n) is 3.70. The average molecular weight is 401 g/mol. The van der Waals surface area contributed by atoms with Gasteiger partial charge in [-0.1, -0.05) is 11.6 Å². The van der Waals surface area contributed by atoms with Gasteiger partial charge in [-0.2, -0.15) is 0 Å². The second-order valence-corrected chi connectivity index (χ2v) is 9.40. The minimum atomic E-state index is -4.01. The molecule has 7 heteroatoms. The molecule has 0 amide bonds. The van der Waals surface area contributed by atoms with Crippen molar-refractivity contribution in [3.63, 3.8) is 0 Å². The number of hydrogen-bond acceptors (Lipinski definition) is 3. The number of benzene rings is 2. The second kappa shape index (κ2) is 7.25. The summed E-state index contributed by atoms with van der Waals surface area (Å²) >= 11 is 5.85. The Morgan fingerprint density at radius 2 is 1.69 bits per heavy atom. The highest BCUT2D eigenvalue weighted by Gasteiger charge is 2.49. The topological polar surface area (TPSA) is 54.4 Å². The molecule has 1 aliphatic carbocycles. The normalized spacial score (nSPS) is 23.8. The number of aliphatic hydroxyl groups is 1. The molecule has 1 N–H and O–H groups in total. The summed E-state index contributed by atoms with van der Waals surface area (Å²) in [5.41, 5.74) is -0.149. The maximum atomic E-state index is 14.6. The highest BCUT2D eigenvalue weighted by Crippen LogP contribution is 2.49. The number of sulfone groups is 1. The predicted molar refractivity (Wildman–Crippen MR) is 95.7 cm³/mol. The maximum absolute atomic E-state index is 14.6.